The van der Waals surface area contributed by atoms with Gasteiger partial charge in [-0.05, 0) is 385 Å². The molecule has 1 unspecified atom stereocenters. The van der Waals surface area contributed by atoms with E-state index >= 15 is 0 Å². The second-order valence-electron chi connectivity index (χ2n) is 53.7. The highest BCUT2D eigenvalue weighted by atomic mass is 16.2. The van der Waals surface area contributed by atoms with Crippen LogP contribution < -0.4 is 5.32 Å². The SMILES string of the molecule is CC(C)(C)CCCN1CCCCC1.CC(C)(C)CCN1CCCC1.CC(C)(C)CCN1CCCCC1.CC1CCC(CCC(C)(C)C)CC1.CCCCC(C)(C)C.CCN(CC)CCCC(C)(C)C.CN(C)CCC(C)(C)C.CN(C)CCCC(C)(C)C.CN1CCC(CCC(C)(C)C)CC1.C[C@@H]1CC(C(=O)NCCCC(C)(C)C)N(C(=O)N2CCN(C)CC2)C1. The molecule has 7 aliphatic rings. The molecule has 6 heterocycles. The molecule has 6 saturated heterocycles. The van der Waals surface area contributed by atoms with Crippen molar-refractivity contribution >= 4 is 11.9 Å². The van der Waals surface area contributed by atoms with E-state index in [0.29, 0.717) is 67.7 Å². The topological polar surface area (TPSA) is 78.6 Å². The lowest BCUT2D eigenvalue weighted by atomic mass is 9.78. The molecule has 7 rings (SSSR count). The molecule has 0 bridgehead atoms. The number of piperazine rings is 1. The molecule has 1 aliphatic carbocycles. The number of hydrogen-bond acceptors (Lipinski definition) is 10. The van der Waals surface area contributed by atoms with E-state index in [-0.39, 0.29) is 23.4 Å². The van der Waals surface area contributed by atoms with E-state index in [1.54, 1.807) is 4.90 Å². The van der Waals surface area contributed by atoms with Gasteiger partial charge in [0.05, 0.1) is 0 Å². The van der Waals surface area contributed by atoms with Crippen LogP contribution in [-0.2, 0) is 4.79 Å². The van der Waals surface area contributed by atoms with Gasteiger partial charge in [-0.1, -0.05) is 294 Å². The van der Waals surface area contributed by atoms with Crippen molar-refractivity contribution in [3.05, 3.63) is 0 Å². The molecule has 7 fully saturated rings. The zero-order chi connectivity index (χ0) is 97.4. The Kier molecular flexibility index (Phi) is 69.0. The summed E-state index contributed by atoms with van der Waals surface area (Å²) < 4.78 is 0. The van der Waals surface area contributed by atoms with Crippen molar-refractivity contribution in [1.82, 2.24) is 54.3 Å². The summed E-state index contributed by atoms with van der Waals surface area (Å²) in [6, 6.07) is -0.274. The van der Waals surface area contributed by atoms with E-state index in [0.717, 1.165) is 63.2 Å². The van der Waals surface area contributed by atoms with Crippen LogP contribution in [0.15, 0.2) is 0 Å². The van der Waals surface area contributed by atoms with Crippen molar-refractivity contribution in [2.75, 3.05) is 186 Å². The summed E-state index contributed by atoms with van der Waals surface area (Å²) in [4.78, 5) is 48.7. The summed E-state index contributed by atoms with van der Waals surface area (Å²) >= 11 is 0. The number of unbranched alkanes of at least 4 members (excludes halogenated alkanes) is 1. The summed E-state index contributed by atoms with van der Waals surface area (Å²) in [7, 11) is 12.8. The maximum absolute atomic E-state index is 12.9. The van der Waals surface area contributed by atoms with Crippen molar-refractivity contribution in [1.29, 1.82) is 0 Å². The highest BCUT2D eigenvalue weighted by Crippen LogP contribution is 2.36. The van der Waals surface area contributed by atoms with Crippen LogP contribution in [0.2, 0.25) is 0 Å². The number of likely N-dealkylation sites (tertiary alicyclic amines) is 5. The third kappa shape index (κ3) is 87.7. The van der Waals surface area contributed by atoms with Crippen LogP contribution in [0.25, 0.3) is 0 Å². The van der Waals surface area contributed by atoms with Crippen molar-refractivity contribution < 1.29 is 9.59 Å². The quantitative estimate of drug-likeness (QED) is 0.0804. The van der Waals surface area contributed by atoms with Crippen LogP contribution in [0.5, 0.6) is 0 Å². The highest BCUT2D eigenvalue weighted by molar-refractivity contribution is 5.87. The predicted molar refractivity (Wildman–Crippen MR) is 568 cm³/mol. The predicted octanol–water partition coefficient (Wildman–Crippen LogP) is 29.3. The minimum Gasteiger partial charge on any atom is -0.354 e. The van der Waals surface area contributed by atoms with Gasteiger partial charge in [-0.15, -0.1) is 0 Å². The van der Waals surface area contributed by atoms with E-state index < -0.39 is 0 Å². The molecule has 758 valence electrons. The fraction of sp³-hybridized carbons (Fsp3) is 0.982. The van der Waals surface area contributed by atoms with Gasteiger partial charge in [-0.25, -0.2) is 4.79 Å². The van der Waals surface area contributed by atoms with Crippen molar-refractivity contribution in [2.45, 2.75) is 460 Å². The normalized spacial score (nSPS) is 20.3. The van der Waals surface area contributed by atoms with E-state index in [1.165, 1.54) is 297 Å². The number of carbonyl (C=O) groups is 2. The largest absolute Gasteiger partial charge is 0.354 e. The first-order valence-electron chi connectivity index (χ1n) is 53.6. The van der Waals surface area contributed by atoms with Gasteiger partial charge < -0.3 is 54.3 Å². The molecular weight excluding hydrogens is 1540 g/mol. The Morgan fingerprint density at radius 1 is 0.333 bits per heavy atom. The molecule has 0 aromatic heterocycles. The molecule has 1 saturated carbocycles. The molecule has 13 nitrogen and oxygen atoms in total. The minimum atomic E-state index is -0.309. The van der Waals surface area contributed by atoms with Crippen LogP contribution >= 0.6 is 0 Å². The van der Waals surface area contributed by atoms with Gasteiger partial charge in [0.15, 0.2) is 0 Å². The lowest BCUT2D eigenvalue weighted by Gasteiger charge is -2.36. The van der Waals surface area contributed by atoms with Gasteiger partial charge in [0.2, 0.25) is 5.91 Å². The van der Waals surface area contributed by atoms with E-state index in [4.69, 9.17) is 0 Å². The number of urea groups is 1. The van der Waals surface area contributed by atoms with Gasteiger partial charge in [-0.2, -0.15) is 0 Å². The molecule has 6 aliphatic heterocycles. The van der Waals surface area contributed by atoms with E-state index in [1.807, 2.05) is 4.90 Å². The van der Waals surface area contributed by atoms with Crippen LogP contribution in [0.4, 0.5) is 4.79 Å². The van der Waals surface area contributed by atoms with Crippen LogP contribution in [-0.4, -0.2) is 253 Å². The standard InChI is InChI=1S/C19H36N4O2.C13H26.2C12H25N.C11H23N.C11H25N.C10H21N.C9H21N.C8H19N.C8H18/c1-15-13-16(17(24)20-8-6-7-19(2,3)4)23(14-15)18(25)22-11-9-21(5)10-12-22;1-11-5-7-12(8-6-11)9-10-13(2,3)4;1-12(2,3)8-5-11-6-9-13(4)10-7-11;1-12(2,3)8-7-11-13-9-5-4-6-10-13;1-11(2,3)7-10-12-8-5-4-6-9-12;1-6-12(7-2)10-8-9-11(3,4)5;1-10(2,3)6-9-11-7-4-5-8-11;1-9(2,3)7-6-8-10(4)5;1-8(2,3)6-7-9(4)5;1-5-6-7-8(2,3)4/h15-16H,6-14H2,1-5H3,(H,20,24);11-12H,5-10H2,1-4H3;11H,5-10H2,1-4H3;4-11H2,1-3H3;4-10H2,1-3H3;6-10H2,1-5H3;4-9H2,1-3H3;6-8H2,1-5H3;6-7H2,1-5H3;5-7H2,1-4H3/t15-,16?;;;;;;;;;/m1........./s1. The maximum atomic E-state index is 12.9. The highest BCUT2D eigenvalue weighted by Gasteiger charge is 2.40. The van der Waals surface area contributed by atoms with Gasteiger partial charge >= 0.3 is 6.03 Å². The van der Waals surface area contributed by atoms with Crippen molar-refractivity contribution in [3.8, 4) is 0 Å². The first-order valence-corrected chi connectivity index (χ1v) is 53.6. The van der Waals surface area contributed by atoms with Crippen LogP contribution in [0, 0.1) is 77.8 Å². The first kappa shape index (κ1) is 129. The Hall–Kier alpha value is -1.58. The number of carbonyl (C=O) groups excluding carboxylic acids is 2. The number of likely N-dealkylation sites (N-methyl/N-ethyl adjacent to an activating group) is 1. The average molecular weight is 1780 g/mol. The number of rotatable bonds is 27. The third-order valence-corrected chi connectivity index (χ3v) is 26.1. The molecule has 126 heavy (non-hydrogen) atoms. The van der Waals surface area contributed by atoms with Gasteiger partial charge in [0, 0.05) is 39.3 Å². The molecule has 0 aromatic carbocycles. The van der Waals surface area contributed by atoms with Gasteiger partial charge in [0.1, 0.15) is 6.04 Å². The van der Waals surface area contributed by atoms with E-state index in [2.05, 4.69) is 329 Å². The Bertz CT molecular complexity index is 2450. The second kappa shape index (κ2) is 67.6. The lowest BCUT2D eigenvalue weighted by Crippen LogP contribution is -2.55. The Balaban J connectivity index is -0.00000136. The van der Waals surface area contributed by atoms with Gasteiger partial charge in [-0.3, -0.25) is 4.79 Å². The fourth-order valence-corrected chi connectivity index (χ4v) is 16.6. The van der Waals surface area contributed by atoms with Crippen molar-refractivity contribution in [3.63, 3.8) is 0 Å². The lowest BCUT2D eigenvalue weighted by molar-refractivity contribution is -0.124. The first-order chi connectivity index (χ1) is 57.7. The number of hydrogen-bond donors (Lipinski definition) is 1. The monoisotopic (exact) mass is 1780 g/mol. The summed E-state index contributed by atoms with van der Waals surface area (Å²) in [5, 5.41) is 3.05. The Morgan fingerprint density at radius 3 is 1.02 bits per heavy atom. The summed E-state index contributed by atoms with van der Waals surface area (Å²) in [6.45, 7) is 106. The zero-order valence-electron chi connectivity index (χ0n) is 94.6. The zero-order valence-corrected chi connectivity index (χ0v) is 94.6. The average Bonchev–Trinajstić information content (AvgIpc) is 1.66. The van der Waals surface area contributed by atoms with Gasteiger partial charge in [0.25, 0.3) is 0 Å². The molecular formula is C113H239N11O2. The number of amides is 3. The number of nitrogens with zero attached hydrogens (tertiary/aromatic N) is 10. The molecule has 0 aromatic rings. The molecule has 13 heteroatoms. The summed E-state index contributed by atoms with van der Waals surface area (Å²) in [5.41, 5.74) is 4.97. The molecule has 3 amide bonds. The Morgan fingerprint density at radius 2 is 0.667 bits per heavy atom. The van der Waals surface area contributed by atoms with Crippen molar-refractivity contribution in [2.24, 2.45) is 77.8 Å². The second-order valence-corrected chi connectivity index (χ2v) is 53.7. The van der Waals surface area contributed by atoms with Crippen LogP contribution in [0.1, 0.15) is 454 Å². The molecule has 2 atom stereocenters. The Labute approximate surface area is 795 Å². The molecule has 1 N–H and O–H groups in total. The fourth-order valence-electron chi connectivity index (χ4n) is 16.6. The number of piperidine rings is 3. The summed E-state index contributed by atoms with van der Waals surface area (Å²) in [6.07, 6.45) is 44.9. The maximum Gasteiger partial charge on any atom is 0.320 e. The van der Waals surface area contributed by atoms with Crippen LogP contribution in [0.3, 0.4) is 0 Å². The van der Waals surface area contributed by atoms with E-state index in [9.17, 15) is 9.59 Å². The number of nitrogens with one attached hydrogen (secondary N) is 1. The molecule has 0 radical (unpaired) electrons. The smallest absolute Gasteiger partial charge is 0.320 e. The minimum absolute atomic E-state index is 0.0146. The summed E-state index contributed by atoms with van der Waals surface area (Å²) in [5.74, 6) is 3.46. The molecule has 0 spiro atoms. The third-order valence-electron chi connectivity index (χ3n) is 26.1.